The molecule has 0 aliphatic heterocycles. The fourth-order valence-corrected chi connectivity index (χ4v) is 7.56. The average Bonchev–Trinajstić information content (AvgIpc) is 3.51. The Kier molecular flexibility index (Phi) is 6.58. The van der Waals surface area contributed by atoms with Crippen molar-refractivity contribution in [2.45, 2.75) is 0 Å². The summed E-state index contributed by atoms with van der Waals surface area (Å²) >= 11 is 0. The highest BCUT2D eigenvalue weighted by molar-refractivity contribution is 6.22. The molecule has 0 amide bonds. The number of nitriles is 1. The molecule has 3 heteroatoms. The summed E-state index contributed by atoms with van der Waals surface area (Å²) in [6.07, 6.45) is 0. The molecule has 0 fully saturated rings. The minimum absolute atomic E-state index is 0.460. The third-order valence-corrected chi connectivity index (χ3v) is 9.64. The molecule has 0 spiro atoms. The van der Waals surface area contributed by atoms with E-state index in [1.165, 1.54) is 16.3 Å². The van der Waals surface area contributed by atoms with E-state index in [9.17, 15) is 5.26 Å². The van der Waals surface area contributed by atoms with Gasteiger partial charge in [0, 0.05) is 22.0 Å². The van der Waals surface area contributed by atoms with Gasteiger partial charge in [-0.05, 0) is 85.3 Å². The van der Waals surface area contributed by atoms with E-state index >= 15 is 0 Å². The minimum atomic E-state index is 0.460. The molecular weight excluding hydrogens is 595 g/mol. The summed E-state index contributed by atoms with van der Waals surface area (Å²) in [6.45, 7) is 8.27. The predicted octanol–water partition coefficient (Wildman–Crippen LogP) is 12.5. The summed E-state index contributed by atoms with van der Waals surface area (Å²) < 4.78 is 2.29. The lowest BCUT2D eigenvalue weighted by atomic mass is 9.84. The maximum Gasteiger partial charge on any atom is 0.196 e. The van der Waals surface area contributed by atoms with Crippen molar-refractivity contribution in [3.8, 4) is 45.1 Å². The Morgan fingerprint density at radius 1 is 0.469 bits per heavy atom. The van der Waals surface area contributed by atoms with E-state index < -0.39 is 0 Å². The fourth-order valence-electron chi connectivity index (χ4n) is 7.56. The SMILES string of the molecule is [C-]#[N+]c1cc(C#N)c(-c2cccc(-n3c4ccccc4c4ccccc43)c2)cc1-c1c2ccccc2c(-c2ccccc2)c2ccccc12. The molecule has 0 unspecified atom stereocenters. The van der Waals surface area contributed by atoms with Crippen LogP contribution in [0, 0.1) is 17.9 Å². The Bertz CT molecular complexity index is 2740. The van der Waals surface area contributed by atoms with Crippen LogP contribution in [0.4, 0.5) is 5.69 Å². The quantitative estimate of drug-likeness (QED) is 0.142. The number of para-hydroxylation sites is 2. The van der Waals surface area contributed by atoms with Gasteiger partial charge in [-0.3, -0.25) is 0 Å². The lowest BCUT2D eigenvalue weighted by molar-refractivity contribution is 1.18. The van der Waals surface area contributed by atoms with Gasteiger partial charge in [0.1, 0.15) is 0 Å². The van der Waals surface area contributed by atoms with Crippen molar-refractivity contribution in [1.29, 1.82) is 5.26 Å². The van der Waals surface area contributed by atoms with Gasteiger partial charge in [0.25, 0.3) is 0 Å². The van der Waals surface area contributed by atoms with Gasteiger partial charge in [-0.15, -0.1) is 0 Å². The second kappa shape index (κ2) is 11.4. The number of hydrogen-bond donors (Lipinski definition) is 0. The average molecular weight is 622 g/mol. The lowest BCUT2D eigenvalue weighted by Crippen LogP contribution is -1.95. The molecule has 1 aromatic heterocycles. The van der Waals surface area contributed by atoms with Crippen molar-refractivity contribution >= 4 is 49.0 Å². The van der Waals surface area contributed by atoms with Crippen LogP contribution < -0.4 is 0 Å². The number of aromatic nitrogens is 1. The topological polar surface area (TPSA) is 33.1 Å². The first kappa shape index (κ1) is 28.3. The van der Waals surface area contributed by atoms with E-state index in [0.717, 1.165) is 66.1 Å². The molecule has 0 aliphatic carbocycles. The zero-order chi connectivity index (χ0) is 32.9. The highest BCUT2D eigenvalue weighted by atomic mass is 15.0. The molecule has 49 heavy (non-hydrogen) atoms. The first-order chi connectivity index (χ1) is 24.2. The van der Waals surface area contributed by atoms with Crippen LogP contribution in [0.2, 0.25) is 0 Å². The fraction of sp³-hybridized carbons (Fsp3) is 0. The summed E-state index contributed by atoms with van der Waals surface area (Å²) in [4.78, 5) is 4.01. The number of fused-ring (bicyclic) bond motifs is 5. The second-order valence-electron chi connectivity index (χ2n) is 12.3. The molecule has 0 atom stereocenters. The third kappa shape index (κ3) is 4.42. The van der Waals surface area contributed by atoms with E-state index in [2.05, 4.69) is 167 Å². The first-order valence-electron chi connectivity index (χ1n) is 16.3. The molecule has 0 aliphatic rings. The molecule has 0 saturated carbocycles. The maximum atomic E-state index is 10.4. The standard InChI is InChI=1S/C46H27N3/c1-48-42-27-32(29-47)40(31-16-13-17-33(26-31)49-43-24-11-9-18-34(43)35-19-10-12-25-44(35)49)28-41(42)46-38-22-7-5-20-36(38)45(30-14-3-2-4-15-30)37-21-6-8-23-39(37)46/h2-28H. The van der Waals surface area contributed by atoms with Crippen LogP contribution >= 0.6 is 0 Å². The molecule has 9 aromatic rings. The second-order valence-corrected chi connectivity index (χ2v) is 12.3. The number of hydrogen-bond acceptors (Lipinski definition) is 1. The van der Waals surface area contributed by atoms with Crippen LogP contribution in [-0.2, 0) is 0 Å². The van der Waals surface area contributed by atoms with Gasteiger partial charge >= 0.3 is 0 Å². The summed E-state index contributed by atoms with van der Waals surface area (Å²) in [6, 6.07) is 59.0. The smallest absolute Gasteiger partial charge is 0.196 e. The highest BCUT2D eigenvalue weighted by Gasteiger charge is 2.21. The molecule has 9 rings (SSSR count). The molecule has 226 valence electrons. The van der Waals surface area contributed by atoms with Crippen molar-refractivity contribution in [1.82, 2.24) is 4.57 Å². The molecule has 8 aromatic carbocycles. The van der Waals surface area contributed by atoms with Gasteiger partial charge in [-0.1, -0.05) is 133 Å². The highest BCUT2D eigenvalue weighted by Crippen LogP contribution is 2.47. The van der Waals surface area contributed by atoms with E-state index in [1.807, 2.05) is 6.07 Å². The predicted molar refractivity (Wildman–Crippen MR) is 203 cm³/mol. The van der Waals surface area contributed by atoms with E-state index in [1.54, 1.807) is 6.07 Å². The van der Waals surface area contributed by atoms with Gasteiger partial charge < -0.3 is 4.57 Å². The van der Waals surface area contributed by atoms with Crippen LogP contribution in [0.5, 0.6) is 0 Å². The molecule has 0 radical (unpaired) electrons. The van der Waals surface area contributed by atoms with Crippen molar-refractivity contribution in [2.75, 3.05) is 0 Å². The Morgan fingerprint density at radius 3 is 1.55 bits per heavy atom. The number of benzene rings is 8. The molecule has 0 N–H and O–H groups in total. The number of rotatable bonds is 4. The molecule has 0 saturated heterocycles. The Hall–Kier alpha value is -6.94. The molecular formula is C46H27N3. The first-order valence-corrected chi connectivity index (χ1v) is 16.3. The lowest BCUT2D eigenvalue weighted by Gasteiger charge is -2.19. The summed E-state index contributed by atoms with van der Waals surface area (Å²) in [7, 11) is 0. The van der Waals surface area contributed by atoms with Crippen molar-refractivity contribution < 1.29 is 0 Å². The molecule has 1 heterocycles. The largest absolute Gasteiger partial charge is 0.309 e. The van der Waals surface area contributed by atoms with Gasteiger partial charge in [0.15, 0.2) is 5.69 Å². The van der Waals surface area contributed by atoms with E-state index in [-0.39, 0.29) is 0 Å². The zero-order valence-electron chi connectivity index (χ0n) is 26.4. The Morgan fingerprint density at radius 2 is 0.980 bits per heavy atom. The number of nitrogens with zero attached hydrogens (tertiary/aromatic N) is 3. The summed E-state index contributed by atoms with van der Waals surface area (Å²) in [5.41, 5.74) is 10.1. The van der Waals surface area contributed by atoms with Gasteiger partial charge in [-0.25, -0.2) is 4.85 Å². The Labute approximate surface area is 284 Å². The summed E-state index contributed by atoms with van der Waals surface area (Å²) in [5.74, 6) is 0. The summed E-state index contributed by atoms with van der Waals surface area (Å²) in [5, 5.41) is 17.2. The normalized spacial score (nSPS) is 11.2. The van der Waals surface area contributed by atoms with Crippen LogP contribution in [0.1, 0.15) is 5.56 Å². The minimum Gasteiger partial charge on any atom is -0.309 e. The Balaban J connectivity index is 1.32. The van der Waals surface area contributed by atoms with Crippen molar-refractivity contribution in [2.24, 2.45) is 0 Å². The van der Waals surface area contributed by atoms with Crippen LogP contribution in [0.25, 0.3) is 87.3 Å². The van der Waals surface area contributed by atoms with E-state index in [4.69, 9.17) is 6.57 Å². The molecule has 3 nitrogen and oxygen atoms in total. The van der Waals surface area contributed by atoms with Crippen LogP contribution in [0.3, 0.4) is 0 Å². The van der Waals surface area contributed by atoms with Gasteiger partial charge in [0.05, 0.1) is 23.7 Å². The molecule has 0 bridgehead atoms. The van der Waals surface area contributed by atoms with E-state index in [0.29, 0.717) is 11.3 Å². The van der Waals surface area contributed by atoms with Crippen molar-refractivity contribution in [3.63, 3.8) is 0 Å². The monoisotopic (exact) mass is 621 g/mol. The van der Waals surface area contributed by atoms with Crippen LogP contribution in [0.15, 0.2) is 164 Å². The maximum absolute atomic E-state index is 10.4. The third-order valence-electron chi connectivity index (χ3n) is 9.64. The van der Waals surface area contributed by atoms with Crippen LogP contribution in [-0.4, -0.2) is 4.57 Å². The van der Waals surface area contributed by atoms with Gasteiger partial charge in [0.2, 0.25) is 0 Å². The van der Waals surface area contributed by atoms with Gasteiger partial charge in [-0.2, -0.15) is 5.26 Å². The van der Waals surface area contributed by atoms with Crippen molar-refractivity contribution in [3.05, 3.63) is 181 Å². The zero-order valence-corrected chi connectivity index (χ0v) is 26.4.